The lowest BCUT2D eigenvalue weighted by Gasteiger charge is -1.90. The predicted octanol–water partition coefficient (Wildman–Crippen LogP) is 3.06. The predicted molar refractivity (Wildman–Crippen MR) is 52.2 cm³/mol. The Morgan fingerprint density at radius 2 is 2.00 bits per heavy atom. The van der Waals surface area contributed by atoms with E-state index in [0.717, 1.165) is 10.0 Å². The van der Waals surface area contributed by atoms with E-state index >= 15 is 0 Å². The summed E-state index contributed by atoms with van der Waals surface area (Å²) >= 11 is 3.24. The van der Waals surface area contributed by atoms with Crippen molar-refractivity contribution in [2.45, 2.75) is 0 Å². The van der Waals surface area contributed by atoms with Crippen molar-refractivity contribution < 1.29 is 0 Å². The maximum Gasteiger partial charge on any atom is 0.0677 e. The van der Waals surface area contributed by atoms with Crippen LogP contribution in [0.5, 0.6) is 0 Å². The molecule has 0 fully saturated rings. The first kappa shape index (κ1) is 8.10. The average molecular weight is 207 g/mol. The lowest BCUT2D eigenvalue weighted by molar-refractivity contribution is 1.66. The topological polar surface area (TPSA) is 0 Å². The molecule has 0 aliphatic rings. The lowest BCUT2D eigenvalue weighted by atomic mass is 10.2. The summed E-state index contributed by atoms with van der Waals surface area (Å²) in [5.41, 5.74) is 1.11. The summed E-state index contributed by atoms with van der Waals surface area (Å²) in [6.45, 7) is 0. The minimum absolute atomic E-state index is 0.767. The average Bonchev–Trinajstić information content (AvgIpc) is 2.06. The molecule has 1 rings (SSSR count). The quantitative estimate of drug-likeness (QED) is 0.621. The van der Waals surface area contributed by atoms with Crippen LogP contribution < -0.4 is 0 Å². The van der Waals surface area contributed by atoms with Crippen LogP contribution in [0.15, 0.2) is 34.8 Å². The number of allylic oxidation sites excluding steroid dienone is 1. The maximum atomic E-state index is 5.15. The normalized spacial score (nSPS) is 10.7. The van der Waals surface area contributed by atoms with Crippen molar-refractivity contribution >= 4 is 22.0 Å². The number of rotatable bonds is 1. The second-order valence-corrected chi connectivity index (χ2v) is 2.90. The van der Waals surface area contributed by atoms with Gasteiger partial charge in [-0.2, -0.15) is 0 Å². The van der Waals surface area contributed by atoms with Gasteiger partial charge >= 0.3 is 0 Å². The van der Waals surface area contributed by atoms with Crippen molar-refractivity contribution in [2.75, 3.05) is 0 Å². The summed E-state index contributed by atoms with van der Waals surface area (Å²) in [5, 5.41) is 0. The standard InChI is InChI=1S/C10H7Br/c1-2-10(11)8-9-6-4-3-5-7-9/h1,3-8H/b10-8-. The molecule has 0 aromatic heterocycles. The highest BCUT2D eigenvalue weighted by atomic mass is 79.9. The van der Waals surface area contributed by atoms with E-state index in [0.29, 0.717) is 0 Å². The van der Waals surface area contributed by atoms with Gasteiger partial charge in [0.05, 0.1) is 4.48 Å². The van der Waals surface area contributed by atoms with Crippen LogP contribution in [0.4, 0.5) is 0 Å². The molecule has 0 saturated heterocycles. The van der Waals surface area contributed by atoms with Gasteiger partial charge in [0.15, 0.2) is 0 Å². The van der Waals surface area contributed by atoms with Crippen molar-refractivity contribution in [1.82, 2.24) is 0 Å². The summed E-state index contributed by atoms with van der Waals surface area (Å²) in [5.74, 6) is 2.49. The monoisotopic (exact) mass is 206 g/mol. The summed E-state index contributed by atoms with van der Waals surface area (Å²) in [7, 11) is 0. The third-order valence-corrected chi connectivity index (χ3v) is 1.69. The van der Waals surface area contributed by atoms with Crippen molar-refractivity contribution in [3.05, 3.63) is 40.4 Å². The third kappa shape index (κ3) is 2.61. The smallest absolute Gasteiger partial charge is 0.0677 e. The molecule has 0 aliphatic heterocycles. The SMILES string of the molecule is C#C/C(Br)=C/c1ccccc1. The van der Waals surface area contributed by atoms with E-state index in [4.69, 9.17) is 6.42 Å². The number of halogens is 1. The largest absolute Gasteiger partial charge is 0.114 e. The first-order valence-corrected chi connectivity index (χ1v) is 4.01. The molecular weight excluding hydrogens is 200 g/mol. The molecule has 1 heteroatoms. The molecule has 0 N–H and O–H groups in total. The van der Waals surface area contributed by atoms with Crippen LogP contribution in [0.2, 0.25) is 0 Å². The minimum atomic E-state index is 0.767. The number of terminal acetylenes is 1. The first-order valence-electron chi connectivity index (χ1n) is 3.22. The molecule has 0 saturated carbocycles. The Morgan fingerprint density at radius 3 is 2.55 bits per heavy atom. The summed E-state index contributed by atoms with van der Waals surface area (Å²) in [6, 6.07) is 9.92. The summed E-state index contributed by atoms with van der Waals surface area (Å²) < 4.78 is 0.767. The number of hydrogen-bond donors (Lipinski definition) is 0. The van der Waals surface area contributed by atoms with Crippen LogP contribution >= 0.6 is 15.9 Å². The minimum Gasteiger partial charge on any atom is -0.114 e. The maximum absolute atomic E-state index is 5.15. The molecule has 0 unspecified atom stereocenters. The highest BCUT2D eigenvalue weighted by molar-refractivity contribution is 9.12. The summed E-state index contributed by atoms with van der Waals surface area (Å²) in [6.07, 6.45) is 7.06. The molecule has 0 radical (unpaired) electrons. The Bertz CT molecular complexity index is 290. The number of benzene rings is 1. The van der Waals surface area contributed by atoms with E-state index < -0.39 is 0 Å². The molecule has 0 amide bonds. The third-order valence-electron chi connectivity index (χ3n) is 1.23. The zero-order chi connectivity index (χ0) is 8.10. The molecule has 0 nitrogen and oxygen atoms in total. The molecule has 11 heavy (non-hydrogen) atoms. The van der Waals surface area contributed by atoms with Gasteiger partial charge in [0.1, 0.15) is 0 Å². The molecule has 0 heterocycles. The van der Waals surface area contributed by atoms with Gasteiger partial charge in [-0.15, -0.1) is 6.42 Å². The molecule has 54 valence electrons. The summed E-state index contributed by atoms with van der Waals surface area (Å²) in [4.78, 5) is 0. The molecule has 0 atom stereocenters. The van der Waals surface area contributed by atoms with Crippen LogP contribution in [0, 0.1) is 12.3 Å². The fraction of sp³-hybridized carbons (Fsp3) is 0. The molecular formula is C10H7Br. The van der Waals surface area contributed by atoms with Gasteiger partial charge in [-0.3, -0.25) is 0 Å². The van der Waals surface area contributed by atoms with Gasteiger partial charge in [0, 0.05) is 0 Å². The van der Waals surface area contributed by atoms with Crippen LogP contribution in [0.25, 0.3) is 6.08 Å². The molecule has 0 aliphatic carbocycles. The zero-order valence-corrected chi connectivity index (χ0v) is 7.51. The van der Waals surface area contributed by atoms with Crippen LogP contribution in [0.3, 0.4) is 0 Å². The van der Waals surface area contributed by atoms with Crippen molar-refractivity contribution in [3.63, 3.8) is 0 Å². The van der Waals surface area contributed by atoms with Crippen molar-refractivity contribution in [3.8, 4) is 12.3 Å². The van der Waals surface area contributed by atoms with Gasteiger partial charge in [-0.05, 0) is 27.6 Å². The first-order chi connectivity index (χ1) is 5.33. The van der Waals surface area contributed by atoms with Gasteiger partial charge in [0.2, 0.25) is 0 Å². The Kier molecular flexibility index (Phi) is 2.95. The fourth-order valence-electron chi connectivity index (χ4n) is 0.737. The van der Waals surface area contributed by atoms with E-state index in [1.54, 1.807) is 0 Å². The van der Waals surface area contributed by atoms with Gasteiger partial charge in [0.25, 0.3) is 0 Å². The molecule has 1 aromatic carbocycles. The fourth-order valence-corrected chi connectivity index (χ4v) is 1.00. The van der Waals surface area contributed by atoms with Crippen LogP contribution in [-0.4, -0.2) is 0 Å². The Balaban J connectivity index is 2.90. The van der Waals surface area contributed by atoms with Gasteiger partial charge in [-0.25, -0.2) is 0 Å². The van der Waals surface area contributed by atoms with Gasteiger partial charge in [-0.1, -0.05) is 36.3 Å². The molecule has 0 spiro atoms. The zero-order valence-electron chi connectivity index (χ0n) is 5.92. The molecule has 0 bridgehead atoms. The van der Waals surface area contributed by atoms with E-state index in [9.17, 15) is 0 Å². The second-order valence-electron chi connectivity index (χ2n) is 2.05. The van der Waals surface area contributed by atoms with E-state index in [-0.39, 0.29) is 0 Å². The van der Waals surface area contributed by atoms with E-state index in [1.165, 1.54) is 0 Å². The Labute approximate surface area is 75.1 Å². The Hall–Kier alpha value is -1.00. The van der Waals surface area contributed by atoms with Crippen LogP contribution in [-0.2, 0) is 0 Å². The lowest BCUT2D eigenvalue weighted by Crippen LogP contribution is -1.69. The molecule has 1 aromatic rings. The highest BCUT2D eigenvalue weighted by Crippen LogP contribution is 2.09. The van der Waals surface area contributed by atoms with Crippen molar-refractivity contribution in [1.29, 1.82) is 0 Å². The second kappa shape index (κ2) is 4.00. The Morgan fingerprint density at radius 1 is 1.36 bits per heavy atom. The van der Waals surface area contributed by atoms with Gasteiger partial charge < -0.3 is 0 Å². The van der Waals surface area contributed by atoms with Crippen LogP contribution in [0.1, 0.15) is 5.56 Å². The van der Waals surface area contributed by atoms with E-state index in [2.05, 4.69) is 21.9 Å². The van der Waals surface area contributed by atoms with Crippen molar-refractivity contribution in [2.24, 2.45) is 0 Å². The van der Waals surface area contributed by atoms with E-state index in [1.807, 2.05) is 36.4 Å². The number of hydrogen-bond acceptors (Lipinski definition) is 0. The highest BCUT2D eigenvalue weighted by Gasteiger charge is 1.85.